The predicted molar refractivity (Wildman–Crippen MR) is 97.5 cm³/mol. The number of amides is 1. The molecule has 134 valence electrons. The second kappa shape index (κ2) is 7.93. The highest BCUT2D eigenvalue weighted by Crippen LogP contribution is 2.29. The molecule has 2 aromatic rings. The Labute approximate surface area is 153 Å². The van der Waals surface area contributed by atoms with Crippen LogP contribution in [0.2, 0.25) is 0 Å². The van der Waals surface area contributed by atoms with Gasteiger partial charge in [-0.05, 0) is 56.0 Å². The molecule has 1 aromatic carbocycles. The summed E-state index contributed by atoms with van der Waals surface area (Å²) >= 11 is 0. The first-order chi connectivity index (χ1) is 11.8. The summed E-state index contributed by atoms with van der Waals surface area (Å²) in [7, 11) is 0. The first-order valence-electron chi connectivity index (χ1n) is 8.62. The van der Waals surface area contributed by atoms with E-state index in [0.29, 0.717) is 29.3 Å². The van der Waals surface area contributed by atoms with Crippen LogP contribution in [-0.4, -0.2) is 37.0 Å². The van der Waals surface area contributed by atoms with Crippen molar-refractivity contribution >= 4 is 18.3 Å². The fourth-order valence-electron chi connectivity index (χ4n) is 3.67. The van der Waals surface area contributed by atoms with Crippen LogP contribution in [0.3, 0.4) is 0 Å². The summed E-state index contributed by atoms with van der Waals surface area (Å²) in [5, 5.41) is 3.46. The number of rotatable bonds is 3. The minimum atomic E-state index is -0.0363. The number of likely N-dealkylation sites (tertiary alicyclic amines) is 1. The monoisotopic (exact) mass is 362 g/mol. The van der Waals surface area contributed by atoms with Crippen molar-refractivity contribution in [2.75, 3.05) is 26.2 Å². The van der Waals surface area contributed by atoms with Crippen molar-refractivity contribution in [3.05, 3.63) is 48.2 Å². The highest BCUT2D eigenvalue weighted by Gasteiger charge is 2.32. The molecule has 0 saturated carbocycles. The van der Waals surface area contributed by atoms with E-state index in [2.05, 4.69) is 5.32 Å². The summed E-state index contributed by atoms with van der Waals surface area (Å²) < 4.78 is 11.2. The topological polar surface area (TPSA) is 54.7 Å². The van der Waals surface area contributed by atoms with Crippen LogP contribution < -0.4 is 10.1 Å². The minimum absolute atomic E-state index is 0. The van der Waals surface area contributed by atoms with E-state index in [1.807, 2.05) is 35.2 Å². The summed E-state index contributed by atoms with van der Waals surface area (Å²) in [6.45, 7) is 3.78. The second-order valence-corrected chi connectivity index (χ2v) is 6.58. The molecule has 0 aliphatic carbocycles. The average molecular weight is 363 g/mol. The van der Waals surface area contributed by atoms with E-state index < -0.39 is 0 Å². The van der Waals surface area contributed by atoms with Gasteiger partial charge in [-0.3, -0.25) is 4.79 Å². The fraction of sp³-hybridized carbons (Fsp3) is 0.421. The lowest BCUT2D eigenvalue weighted by atomic mass is 9.92. The van der Waals surface area contributed by atoms with E-state index >= 15 is 0 Å². The van der Waals surface area contributed by atoms with Crippen LogP contribution in [0.5, 0.6) is 11.7 Å². The summed E-state index contributed by atoms with van der Waals surface area (Å²) in [4.78, 5) is 14.6. The van der Waals surface area contributed by atoms with E-state index in [1.165, 1.54) is 0 Å². The number of benzene rings is 1. The van der Waals surface area contributed by atoms with Gasteiger partial charge >= 0.3 is 0 Å². The Hall–Kier alpha value is -1.98. The third-order valence-corrected chi connectivity index (χ3v) is 5.06. The van der Waals surface area contributed by atoms with Gasteiger partial charge in [0.15, 0.2) is 5.76 Å². The Morgan fingerprint density at radius 3 is 2.40 bits per heavy atom. The van der Waals surface area contributed by atoms with Gasteiger partial charge < -0.3 is 19.4 Å². The van der Waals surface area contributed by atoms with Gasteiger partial charge in [-0.1, -0.05) is 18.2 Å². The SMILES string of the molecule is Cl.O=C(c1ccc(Oc2ccccc2)o1)N1CC[C@@H]2CNC[C@@H]2CC1. The van der Waals surface area contributed by atoms with Crippen molar-refractivity contribution < 1.29 is 13.9 Å². The summed E-state index contributed by atoms with van der Waals surface area (Å²) in [6.07, 6.45) is 2.13. The molecule has 3 heterocycles. The zero-order valence-electron chi connectivity index (χ0n) is 14.0. The van der Waals surface area contributed by atoms with E-state index in [4.69, 9.17) is 9.15 Å². The Bertz CT molecular complexity index is 690. The molecule has 0 radical (unpaired) electrons. The largest absolute Gasteiger partial charge is 0.426 e. The molecule has 0 bridgehead atoms. The normalized spacial score (nSPS) is 22.6. The predicted octanol–water partition coefficient (Wildman–Crippen LogP) is 3.57. The van der Waals surface area contributed by atoms with Crippen molar-refractivity contribution in [1.29, 1.82) is 0 Å². The van der Waals surface area contributed by atoms with E-state index in [1.54, 1.807) is 12.1 Å². The first-order valence-corrected chi connectivity index (χ1v) is 8.62. The zero-order valence-corrected chi connectivity index (χ0v) is 14.8. The Kier molecular flexibility index (Phi) is 5.66. The Morgan fingerprint density at radius 1 is 1.04 bits per heavy atom. The molecule has 1 N–H and O–H groups in total. The number of halogens is 1. The number of hydrogen-bond donors (Lipinski definition) is 1. The van der Waals surface area contributed by atoms with Gasteiger partial charge in [0.25, 0.3) is 11.9 Å². The van der Waals surface area contributed by atoms with Gasteiger partial charge in [-0.2, -0.15) is 0 Å². The Morgan fingerprint density at radius 2 is 1.72 bits per heavy atom. The molecule has 4 rings (SSSR count). The van der Waals surface area contributed by atoms with Crippen molar-refractivity contribution in [3.8, 4) is 11.7 Å². The molecule has 1 aromatic heterocycles. The number of furan rings is 1. The number of ether oxygens (including phenoxy) is 1. The molecule has 2 atom stereocenters. The summed E-state index contributed by atoms with van der Waals surface area (Å²) in [5.41, 5.74) is 0. The van der Waals surface area contributed by atoms with E-state index in [-0.39, 0.29) is 18.3 Å². The molecule has 1 amide bonds. The number of carbonyl (C=O) groups excluding carboxylic acids is 1. The molecule has 2 aliphatic rings. The summed E-state index contributed by atoms with van der Waals surface area (Å²) in [6, 6.07) is 12.8. The summed E-state index contributed by atoms with van der Waals surface area (Å²) in [5.74, 6) is 2.77. The second-order valence-electron chi connectivity index (χ2n) is 6.58. The third-order valence-electron chi connectivity index (χ3n) is 5.06. The number of para-hydroxylation sites is 1. The van der Waals surface area contributed by atoms with Crippen LogP contribution in [0.15, 0.2) is 46.9 Å². The molecule has 0 spiro atoms. The van der Waals surface area contributed by atoms with Crippen molar-refractivity contribution in [2.45, 2.75) is 12.8 Å². The molecule has 6 heteroatoms. The Balaban J connectivity index is 0.00000182. The molecular formula is C19H23ClN2O3. The van der Waals surface area contributed by atoms with Crippen LogP contribution in [0.25, 0.3) is 0 Å². The van der Waals surface area contributed by atoms with Gasteiger partial charge in [-0.25, -0.2) is 0 Å². The van der Waals surface area contributed by atoms with Crippen molar-refractivity contribution in [1.82, 2.24) is 10.2 Å². The zero-order chi connectivity index (χ0) is 16.4. The van der Waals surface area contributed by atoms with Gasteiger partial charge in [0, 0.05) is 19.2 Å². The van der Waals surface area contributed by atoms with Crippen LogP contribution in [0, 0.1) is 11.8 Å². The van der Waals surface area contributed by atoms with Crippen LogP contribution in [-0.2, 0) is 0 Å². The fourth-order valence-corrected chi connectivity index (χ4v) is 3.67. The number of fused-ring (bicyclic) bond motifs is 1. The molecule has 2 fully saturated rings. The molecule has 2 saturated heterocycles. The van der Waals surface area contributed by atoms with Gasteiger partial charge in [-0.15, -0.1) is 12.4 Å². The number of carbonyl (C=O) groups is 1. The number of nitrogens with zero attached hydrogens (tertiary/aromatic N) is 1. The smallest absolute Gasteiger partial charge is 0.290 e. The van der Waals surface area contributed by atoms with Crippen molar-refractivity contribution in [3.63, 3.8) is 0 Å². The number of hydrogen-bond acceptors (Lipinski definition) is 4. The molecular weight excluding hydrogens is 340 g/mol. The standard InChI is InChI=1S/C19H22N2O3.ClH/c22-19(21-10-8-14-12-20-13-15(14)9-11-21)17-6-7-18(24-17)23-16-4-2-1-3-5-16;/h1-7,14-15,20H,8-13H2;1H/t14-,15+;. The maximum absolute atomic E-state index is 12.7. The van der Waals surface area contributed by atoms with Crippen LogP contribution in [0.4, 0.5) is 0 Å². The molecule has 5 nitrogen and oxygen atoms in total. The molecule has 0 unspecified atom stereocenters. The lowest BCUT2D eigenvalue weighted by molar-refractivity contribution is 0.0721. The highest BCUT2D eigenvalue weighted by atomic mass is 35.5. The first kappa shape index (κ1) is 17.8. The molecule has 25 heavy (non-hydrogen) atoms. The highest BCUT2D eigenvalue weighted by molar-refractivity contribution is 5.91. The van der Waals surface area contributed by atoms with Crippen LogP contribution >= 0.6 is 12.4 Å². The molecule has 2 aliphatic heterocycles. The van der Waals surface area contributed by atoms with E-state index in [0.717, 1.165) is 39.0 Å². The van der Waals surface area contributed by atoms with Gasteiger partial charge in [0.2, 0.25) is 0 Å². The van der Waals surface area contributed by atoms with Crippen molar-refractivity contribution in [2.24, 2.45) is 11.8 Å². The average Bonchev–Trinajstić information content (AvgIpc) is 3.21. The maximum Gasteiger partial charge on any atom is 0.290 e. The van der Waals surface area contributed by atoms with Gasteiger partial charge in [0.05, 0.1) is 0 Å². The van der Waals surface area contributed by atoms with Gasteiger partial charge in [0.1, 0.15) is 5.75 Å². The number of nitrogens with one attached hydrogen (secondary N) is 1. The lowest BCUT2D eigenvalue weighted by Crippen LogP contribution is -2.32. The maximum atomic E-state index is 12.7. The lowest BCUT2D eigenvalue weighted by Gasteiger charge is -2.19. The quantitative estimate of drug-likeness (QED) is 0.907. The van der Waals surface area contributed by atoms with Crippen LogP contribution in [0.1, 0.15) is 23.4 Å². The van der Waals surface area contributed by atoms with E-state index in [9.17, 15) is 4.79 Å². The third kappa shape index (κ3) is 3.99. The minimum Gasteiger partial charge on any atom is -0.426 e.